The molecule has 0 saturated carbocycles. The average Bonchev–Trinajstić information content (AvgIpc) is 2.23. The van der Waals surface area contributed by atoms with Crippen molar-refractivity contribution < 1.29 is 9.53 Å². The van der Waals surface area contributed by atoms with Crippen LogP contribution in [0.5, 0.6) is 0 Å². The minimum absolute atomic E-state index is 0.304. The molecule has 0 aromatic heterocycles. The highest BCUT2D eigenvalue weighted by atomic mass is 32.2. The molecule has 0 aliphatic carbocycles. The van der Waals surface area contributed by atoms with E-state index in [1.54, 1.807) is 23.2 Å². The van der Waals surface area contributed by atoms with Gasteiger partial charge >= 0.3 is 5.97 Å². The summed E-state index contributed by atoms with van der Waals surface area (Å²) in [7, 11) is 0. The first-order valence-electron chi connectivity index (χ1n) is 4.80. The van der Waals surface area contributed by atoms with Crippen molar-refractivity contribution in [2.24, 2.45) is 0 Å². The third-order valence-electron chi connectivity index (χ3n) is 1.45. The second kappa shape index (κ2) is 10.9. The summed E-state index contributed by atoms with van der Waals surface area (Å²) in [4.78, 5) is 11.0. The van der Waals surface area contributed by atoms with E-state index in [9.17, 15) is 4.79 Å². The molecule has 0 bridgehead atoms. The number of terminal acetylenes is 1. The molecular formula is C12H16O2S. The largest absolute Gasteiger partial charge is 0.462 e. The lowest BCUT2D eigenvalue weighted by molar-refractivity contribution is -0.137. The first-order valence-corrected chi connectivity index (χ1v) is 5.85. The number of esters is 1. The molecule has 0 saturated heterocycles. The van der Waals surface area contributed by atoms with E-state index in [0.29, 0.717) is 13.0 Å². The summed E-state index contributed by atoms with van der Waals surface area (Å²) in [5.74, 6) is 3.19. The zero-order valence-corrected chi connectivity index (χ0v) is 9.59. The van der Waals surface area contributed by atoms with Crippen LogP contribution >= 0.6 is 11.8 Å². The molecule has 0 aliphatic rings. The molecule has 15 heavy (non-hydrogen) atoms. The smallest absolute Gasteiger partial charge is 0.331 e. The van der Waals surface area contributed by atoms with Gasteiger partial charge in [0.25, 0.3) is 0 Å². The number of unbranched alkanes of at least 4 members (excludes halogenated alkanes) is 1. The highest BCUT2D eigenvalue weighted by Crippen LogP contribution is 2.05. The predicted molar refractivity (Wildman–Crippen MR) is 65.4 cm³/mol. The Morgan fingerprint density at radius 2 is 2.40 bits per heavy atom. The number of hydrogen-bond acceptors (Lipinski definition) is 3. The van der Waals surface area contributed by atoms with Crippen LogP contribution in [-0.4, -0.2) is 18.3 Å². The molecule has 0 rings (SSSR count). The molecule has 0 radical (unpaired) electrons. The third kappa shape index (κ3) is 10.8. The highest BCUT2D eigenvalue weighted by Gasteiger charge is 1.94. The molecular weight excluding hydrogens is 208 g/mol. The SMILES string of the molecule is C#CCCCS/C=C/C(=O)OCCC=C. The molecule has 3 heteroatoms. The molecule has 0 aromatic carbocycles. The Morgan fingerprint density at radius 1 is 1.60 bits per heavy atom. The highest BCUT2D eigenvalue weighted by molar-refractivity contribution is 8.02. The Morgan fingerprint density at radius 3 is 3.07 bits per heavy atom. The monoisotopic (exact) mass is 224 g/mol. The van der Waals surface area contributed by atoms with Gasteiger partial charge < -0.3 is 4.74 Å². The van der Waals surface area contributed by atoms with E-state index in [2.05, 4.69) is 12.5 Å². The Kier molecular flexibility index (Phi) is 10.1. The van der Waals surface area contributed by atoms with E-state index in [1.807, 2.05) is 0 Å². The first-order chi connectivity index (χ1) is 7.31. The van der Waals surface area contributed by atoms with Crippen LogP contribution in [0.15, 0.2) is 24.1 Å². The van der Waals surface area contributed by atoms with Gasteiger partial charge in [-0.3, -0.25) is 0 Å². The van der Waals surface area contributed by atoms with Crippen LogP contribution < -0.4 is 0 Å². The molecule has 0 amide bonds. The molecule has 0 spiro atoms. The van der Waals surface area contributed by atoms with Crippen molar-refractivity contribution in [2.45, 2.75) is 19.3 Å². The van der Waals surface area contributed by atoms with Gasteiger partial charge in [-0.05, 0) is 24.0 Å². The fraction of sp³-hybridized carbons (Fsp3) is 0.417. The van der Waals surface area contributed by atoms with Crippen LogP contribution in [0.2, 0.25) is 0 Å². The Balaban J connectivity index is 3.38. The average molecular weight is 224 g/mol. The summed E-state index contributed by atoms with van der Waals surface area (Å²) in [6, 6.07) is 0. The summed E-state index contributed by atoms with van der Waals surface area (Å²) in [6.07, 6.45) is 10.7. The number of thioether (sulfide) groups is 1. The predicted octanol–water partition coefficient (Wildman–Crippen LogP) is 2.77. The van der Waals surface area contributed by atoms with Gasteiger partial charge in [-0.1, -0.05) is 6.08 Å². The summed E-state index contributed by atoms with van der Waals surface area (Å²) in [6.45, 7) is 3.93. The van der Waals surface area contributed by atoms with Gasteiger partial charge in [0.2, 0.25) is 0 Å². The Hall–Kier alpha value is -1.14. The van der Waals surface area contributed by atoms with Crippen molar-refractivity contribution in [3.8, 4) is 12.3 Å². The van der Waals surface area contributed by atoms with Gasteiger partial charge in [0.15, 0.2) is 0 Å². The zero-order valence-electron chi connectivity index (χ0n) is 8.78. The van der Waals surface area contributed by atoms with Crippen LogP contribution in [0.1, 0.15) is 19.3 Å². The number of rotatable bonds is 8. The minimum Gasteiger partial charge on any atom is -0.462 e. The van der Waals surface area contributed by atoms with Crippen LogP contribution in [0.25, 0.3) is 0 Å². The maximum absolute atomic E-state index is 11.0. The lowest BCUT2D eigenvalue weighted by Gasteiger charge is -1.97. The maximum Gasteiger partial charge on any atom is 0.331 e. The van der Waals surface area contributed by atoms with Gasteiger partial charge in [0.05, 0.1) is 6.61 Å². The van der Waals surface area contributed by atoms with Crippen molar-refractivity contribution in [2.75, 3.05) is 12.4 Å². The van der Waals surface area contributed by atoms with Crippen LogP contribution in [-0.2, 0) is 9.53 Å². The summed E-state index contributed by atoms with van der Waals surface area (Å²) in [5.41, 5.74) is 0. The topological polar surface area (TPSA) is 26.3 Å². The summed E-state index contributed by atoms with van der Waals surface area (Å²) < 4.78 is 4.87. The fourth-order valence-electron chi connectivity index (χ4n) is 0.720. The second-order valence-electron chi connectivity index (χ2n) is 2.73. The van der Waals surface area contributed by atoms with E-state index in [4.69, 9.17) is 11.2 Å². The third-order valence-corrected chi connectivity index (χ3v) is 2.30. The van der Waals surface area contributed by atoms with Gasteiger partial charge in [-0.2, -0.15) is 0 Å². The number of ether oxygens (including phenoxy) is 1. The normalized spacial score (nSPS) is 9.80. The quantitative estimate of drug-likeness (QED) is 0.208. The number of hydrogen-bond donors (Lipinski definition) is 0. The first kappa shape index (κ1) is 13.9. The van der Waals surface area contributed by atoms with Crippen LogP contribution in [0, 0.1) is 12.3 Å². The summed E-state index contributed by atoms with van der Waals surface area (Å²) >= 11 is 1.56. The molecule has 0 fully saturated rings. The van der Waals surface area contributed by atoms with Crippen molar-refractivity contribution in [3.63, 3.8) is 0 Å². The van der Waals surface area contributed by atoms with Gasteiger partial charge in [-0.25, -0.2) is 4.79 Å². The summed E-state index contributed by atoms with van der Waals surface area (Å²) in [5, 5.41) is 1.74. The molecule has 0 atom stereocenters. The van der Waals surface area contributed by atoms with Crippen LogP contribution in [0.4, 0.5) is 0 Å². The molecule has 0 N–H and O–H groups in total. The minimum atomic E-state index is -0.304. The molecule has 0 unspecified atom stereocenters. The molecule has 82 valence electrons. The lowest BCUT2D eigenvalue weighted by atomic mass is 10.4. The van der Waals surface area contributed by atoms with Gasteiger partial charge in [0.1, 0.15) is 0 Å². The van der Waals surface area contributed by atoms with Crippen molar-refractivity contribution >= 4 is 17.7 Å². The molecule has 0 aliphatic heterocycles. The number of carbonyl (C=O) groups excluding carboxylic acids is 1. The molecule has 2 nitrogen and oxygen atoms in total. The molecule has 0 heterocycles. The van der Waals surface area contributed by atoms with E-state index in [1.165, 1.54) is 6.08 Å². The molecule has 0 aromatic rings. The van der Waals surface area contributed by atoms with Crippen molar-refractivity contribution in [3.05, 3.63) is 24.1 Å². The van der Waals surface area contributed by atoms with E-state index in [-0.39, 0.29) is 5.97 Å². The van der Waals surface area contributed by atoms with Gasteiger partial charge in [0, 0.05) is 12.5 Å². The maximum atomic E-state index is 11.0. The fourth-order valence-corrected chi connectivity index (χ4v) is 1.37. The van der Waals surface area contributed by atoms with E-state index in [0.717, 1.165) is 18.6 Å². The van der Waals surface area contributed by atoms with E-state index >= 15 is 0 Å². The number of carbonyl (C=O) groups is 1. The van der Waals surface area contributed by atoms with Gasteiger partial charge in [-0.15, -0.1) is 30.7 Å². The van der Waals surface area contributed by atoms with E-state index < -0.39 is 0 Å². The lowest BCUT2D eigenvalue weighted by Crippen LogP contribution is -2.00. The van der Waals surface area contributed by atoms with Crippen LogP contribution in [0.3, 0.4) is 0 Å². The van der Waals surface area contributed by atoms with Crippen molar-refractivity contribution in [1.29, 1.82) is 0 Å². The standard InChI is InChI=1S/C12H16O2S/c1-3-5-7-10-15-11-8-12(13)14-9-6-4-2/h1,4,8,11H,2,5-7,9-10H2/b11-8+. The second-order valence-corrected chi connectivity index (χ2v) is 3.74. The van der Waals surface area contributed by atoms with Crippen molar-refractivity contribution in [1.82, 2.24) is 0 Å². The Bertz CT molecular complexity index is 251. The Labute approximate surface area is 95.8 Å². The zero-order chi connectivity index (χ0) is 11.4.